The van der Waals surface area contributed by atoms with E-state index in [4.69, 9.17) is 10.5 Å². The molecule has 0 radical (unpaired) electrons. The van der Waals surface area contributed by atoms with Gasteiger partial charge >= 0.3 is 6.03 Å². The number of rotatable bonds is 3. The van der Waals surface area contributed by atoms with Crippen LogP contribution in [0.15, 0.2) is 0 Å². The fourth-order valence-corrected chi connectivity index (χ4v) is 1.68. The molecular weight excluding hydrogens is 194 g/mol. The maximum absolute atomic E-state index is 11.6. The highest BCUT2D eigenvalue weighted by Crippen LogP contribution is 2.18. The van der Waals surface area contributed by atoms with Gasteiger partial charge in [-0.05, 0) is 26.7 Å². The molecule has 1 rings (SSSR count). The molecule has 0 unspecified atom stereocenters. The molecule has 1 aliphatic heterocycles. The standard InChI is InChI=1S/C10H21N3O2/c1-8(2)12-9(14)13-10(7-11)3-5-15-6-4-10/h8H,3-7,11H2,1-2H3,(H2,12,13,14). The molecule has 0 aromatic carbocycles. The van der Waals surface area contributed by atoms with Crippen molar-refractivity contribution in [3.05, 3.63) is 0 Å². The predicted octanol–water partition coefficient (Wildman–Crippen LogP) is 0.202. The van der Waals surface area contributed by atoms with E-state index in [-0.39, 0.29) is 17.6 Å². The van der Waals surface area contributed by atoms with Crippen molar-refractivity contribution in [1.29, 1.82) is 0 Å². The highest BCUT2D eigenvalue weighted by Gasteiger charge is 2.32. The van der Waals surface area contributed by atoms with E-state index in [2.05, 4.69) is 10.6 Å². The zero-order valence-electron chi connectivity index (χ0n) is 9.51. The van der Waals surface area contributed by atoms with Gasteiger partial charge in [0.2, 0.25) is 0 Å². The Labute approximate surface area is 90.7 Å². The summed E-state index contributed by atoms with van der Waals surface area (Å²) in [7, 11) is 0. The smallest absolute Gasteiger partial charge is 0.315 e. The van der Waals surface area contributed by atoms with Crippen molar-refractivity contribution in [2.75, 3.05) is 19.8 Å². The lowest BCUT2D eigenvalue weighted by molar-refractivity contribution is 0.0454. The Morgan fingerprint density at radius 3 is 2.53 bits per heavy atom. The zero-order chi connectivity index (χ0) is 11.3. The fourth-order valence-electron chi connectivity index (χ4n) is 1.68. The molecule has 0 spiro atoms. The van der Waals surface area contributed by atoms with Crippen molar-refractivity contribution in [1.82, 2.24) is 10.6 Å². The van der Waals surface area contributed by atoms with Gasteiger partial charge < -0.3 is 21.1 Å². The van der Waals surface area contributed by atoms with Crippen molar-refractivity contribution in [3.63, 3.8) is 0 Å². The van der Waals surface area contributed by atoms with Crippen LogP contribution in [0.5, 0.6) is 0 Å². The van der Waals surface area contributed by atoms with E-state index < -0.39 is 0 Å². The summed E-state index contributed by atoms with van der Waals surface area (Å²) in [6.07, 6.45) is 1.57. The highest BCUT2D eigenvalue weighted by atomic mass is 16.5. The highest BCUT2D eigenvalue weighted by molar-refractivity contribution is 5.75. The maximum atomic E-state index is 11.6. The summed E-state index contributed by atoms with van der Waals surface area (Å²) in [6, 6.07) is -0.00276. The van der Waals surface area contributed by atoms with Crippen LogP contribution in [-0.4, -0.2) is 37.4 Å². The molecule has 88 valence electrons. The molecule has 0 aromatic rings. The third kappa shape index (κ3) is 3.68. The maximum Gasteiger partial charge on any atom is 0.315 e. The van der Waals surface area contributed by atoms with Gasteiger partial charge in [0, 0.05) is 25.8 Å². The summed E-state index contributed by atoms with van der Waals surface area (Å²) in [5, 5.41) is 5.76. The van der Waals surface area contributed by atoms with Crippen LogP contribution in [0.2, 0.25) is 0 Å². The summed E-state index contributed by atoms with van der Waals surface area (Å²) in [4.78, 5) is 11.6. The second-order valence-corrected chi connectivity index (χ2v) is 4.35. The van der Waals surface area contributed by atoms with E-state index >= 15 is 0 Å². The number of hydrogen-bond acceptors (Lipinski definition) is 3. The first-order chi connectivity index (χ1) is 7.08. The van der Waals surface area contributed by atoms with Gasteiger partial charge in [0.05, 0.1) is 5.54 Å². The summed E-state index contributed by atoms with van der Waals surface area (Å²) < 4.78 is 5.26. The van der Waals surface area contributed by atoms with Crippen LogP contribution in [0.3, 0.4) is 0 Å². The Morgan fingerprint density at radius 2 is 2.07 bits per heavy atom. The number of nitrogens with two attached hydrogens (primary N) is 1. The molecule has 1 saturated heterocycles. The first kappa shape index (κ1) is 12.3. The molecule has 1 aliphatic rings. The molecule has 1 fully saturated rings. The van der Waals surface area contributed by atoms with Crippen LogP contribution in [0.4, 0.5) is 4.79 Å². The van der Waals surface area contributed by atoms with Crippen molar-refractivity contribution in [2.24, 2.45) is 5.73 Å². The molecule has 2 amide bonds. The minimum atomic E-state index is -0.281. The lowest BCUT2D eigenvalue weighted by atomic mass is 9.90. The average Bonchev–Trinajstić information content (AvgIpc) is 2.17. The Bertz CT molecular complexity index is 213. The van der Waals surface area contributed by atoms with Gasteiger partial charge in [-0.25, -0.2) is 4.79 Å². The van der Waals surface area contributed by atoms with Crippen LogP contribution < -0.4 is 16.4 Å². The first-order valence-electron chi connectivity index (χ1n) is 5.44. The number of nitrogens with one attached hydrogen (secondary N) is 2. The van der Waals surface area contributed by atoms with Crippen molar-refractivity contribution in [3.8, 4) is 0 Å². The van der Waals surface area contributed by atoms with Crippen LogP contribution in [-0.2, 0) is 4.74 Å². The van der Waals surface area contributed by atoms with Crippen molar-refractivity contribution < 1.29 is 9.53 Å². The number of hydrogen-bond donors (Lipinski definition) is 3. The van der Waals surface area contributed by atoms with E-state index in [1.807, 2.05) is 13.8 Å². The second kappa shape index (κ2) is 5.32. The van der Waals surface area contributed by atoms with Crippen LogP contribution >= 0.6 is 0 Å². The van der Waals surface area contributed by atoms with Crippen LogP contribution in [0.1, 0.15) is 26.7 Å². The molecule has 1 heterocycles. The molecule has 0 bridgehead atoms. The van der Waals surface area contributed by atoms with E-state index in [0.29, 0.717) is 19.8 Å². The van der Waals surface area contributed by atoms with Gasteiger partial charge in [0.1, 0.15) is 0 Å². The summed E-state index contributed by atoms with van der Waals surface area (Å²) in [5.41, 5.74) is 5.44. The summed E-state index contributed by atoms with van der Waals surface area (Å²) in [6.45, 7) is 5.65. The van der Waals surface area contributed by atoms with Gasteiger partial charge in [0.25, 0.3) is 0 Å². The van der Waals surface area contributed by atoms with E-state index in [9.17, 15) is 4.79 Å². The zero-order valence-corrected chi connectivity index (χ0v) is 9.51. The third-order valence-corrected chi connectivity index (χ3v) is 2.64. The minimum absolute atomic E-state index is 0.139. The topological polar surface area (TPSA) is 76.4 Å². The van der Waals surface area contributed by atoms with E-state index in [1.165, 1.54) is 0 Å². The molecule has 0 saturated carbocycles. The van der Waals surface area contributed by atoms with Gasteiger partial charge in [-0.2, -0.15) is 0 Å². The Hall–Kier alpha value is -0.810. The summed E-state index contributed by atoms with van der Waals surface area (Å²) in [5.74, 6) is 0. The van der Waals surface area contributed by atoms with Crippen LogP contribution in [0, 0.1) is 0 Å². The van der Waals surface area contributed by atoms with Gasteiger partial charge in [0.15, 0.2) is 0 Å². The molecule has 0 atom stereocenters. The molecular formula is C10H21N3O2. The Kier molecular flexibility index (Phi) is 4.35. The Morgan fingerprint density at radius 1 is 1.47 bits per heavy atom. The quantitative estimate of drug-likeness (QED) is 0.629. The predicted molar refractivity (Wildman–Crippen MR) is 58.6 cm³/mol. The lowest BCUT2D eigenvalue weighted by Gasteiger charge is -2.37. The number of ether oxygens (including phenoxy) is 1. The van der Waals surface area contributed by atoms with Crippen LogP contribution in [0.25, 0.3) is 0 Å². The summed E-state index contributed by atoms with van der Waals surface area (Å²) >= 11 is 0. The number of carbonyl (C=O) groups excluding carboxylic acids is 1. The number of carbonyl (C=O) groups is 1. The number of amides is 2. The Balaban J connectivity index is 2.47. The van der Waals surface area contributed by atoms with Gasteiger partial charge in [-0.15, -0.1) is 0 Å². The lowest BCUT2D eigenvalue weighted by Crippen LogP contribution is -2.59. The average molecular weight is 215 g/mol. The first-order valence-corrected chi connectivity index (χ1v) is 5.44. The van der Waals surface area contributed by atoms with Crippen molar-refractivity contribution in [2.45, 2.75) is 38.3 Å². The van der Waals surface area contributed by atoms with E-state index in [1.54, 1.807) is 0 Å². The van der Waals surface area contributed by atoms with Gasteiger partial charge in [-0.1, -0.05) is 0 Å². The monoisotopic (exact) mass is 215 g/mol. The second-order valence-electron chi connectivity index (χ2n) is 4.35. The molecule has 0 aliphatic carbocycles. The SMILES string of the molecule is CC(C)NC(=O)NC1(CN)CCOCC1. The normalized spacial score (nSPS) is 20.0. The van der Waals surface area contributed by atoms with Crippen molar-refractivity contribution >= 4 is 6.03 Å². The minimum Gasteiger partial charge on any atom is -0.381 e. The molecule has 4 N–H and O–H groups in total. The number of urea groups is 1. The largest absolute Gasteiger partial charge is 0.381 e. The molecule has 0 aromatic heterocycles. The molecule has 15 heavy (non-hydrogen) atoms. The third-order valence-electron chi connectivity index (χ3n) is 2.64. The fraction of sp³-hybridized carbons (Fsp3) is 0.900. The molecule has 5 heteroatoms. The molecule has 5 nitrogen and oxygen atoms in total. The van der Waals surface area contributed by atoms with E-state index in [0.717, 1.165) is 12.8 Å². The van der Waals surface area contributed by atoms with Gasteiger partial charge in [-0.3, -0.25) is 0 Å².